The third-order valence-corrected chi connectivity index (χ3v) is 2.65. The first kappa shape index (κ1) is 16.4. The van der Waals surface area contributed by atoms with Gasteiger partial charge >= 0.3 is 0 Å². The van der Waals surface area contributed by atoms with Crippen molar-refractivity contribution < 1.29 is 14.6 Å². The first-order valence-corrected chi connectivity index (χ1v) is 6.17. The van der Waals surface area contributed by atoms with Gasteiger partial charge in [0.15, 0.2) is 0 Å². The zero-order valence-corrected chi connectivity index (χ0v) is 11.0. The fourth-order valence-electron chi connectivity index (χ4n) is 1.49. The molecule has 0 fully saturated rings. The lowest BCUT2D eigenvalue weighted by Crippen LogP contribution is -2.29. The van der Waals surface area contributed by atoms with Crippen LogP contribution in [-0.4, -0.2) is 43.9 Å². The molecule has 0 radical (unpaired) electrons. The van der Waals surface area contributed by atoms with E-state index in [1.54, 1.807) is 0 Å². The highest BCUT2D eigenvalue weighted by atomic mass is 16.5. The van der Waals surface area contributed by atoms with Crippen LogP contribution in [0.5, 0.6) is 0 Å². The SMILES string of the molecule is CC(C)(CCN)CCC(=O)NCCOCCO. The van der Waals surface area contributed by atoms with Crippen molar-refractivity contribution in [3.05, 3.63) is 0 Å². The lowest BCUT2D eigenvalue weighted by molar-refractivity contribution is -0.121. The summed E-state index contributed by atoms with van der Waals surface area (Å²) in [4.78, 5) is 11.5. The summed E-state index contributed by atoms with van der Waals surface area (Å²) in [6.07, 6.45) is 2.29. The van der Waals surface area contributed by atoms with E-state index in [4.69, 9.17) is 15.6 Å². The van der Waals surface area contributed by atoms with E-state index in [2.05, 4.69) is 19.2 Å². The zero-order valence-electron chi connectivity index (χ0n) is 11.0. The number of amides is 1. The van der Waals surface area contributed by atoms with Crippen LogP contribution in [0.1, 0.15) is 33.1 Å². The predicted molar refractivity (Wildman–Crippen MR) is 67.6 cm³/mol. The number of aliphatic hydroxyl groups excluding tert-OH is 1. The Hall–Kier alpha value is -0.650. The zero-order chi connectivity index (χ0) is 13.1. The molecule has 5 nitrogen and oxygen atoms in total. The van der Waals surface area contributed by atoms with Gasteiger partial charge in [-0.25, -0.2) is 0 Å². The maximum atomic E-state index is 11.5. The van der Waals surface area contributed by atoms with Crippen LogP contribution in [-0.2, 0) is 9.53 Å². The number of hydrogen-bond donors (Lipinski definition) is 3. The summed E-state index contributed by atoms with van der Waals surface area (Å²) < 4.78 is 5.04. The van der Waals surface area contributed by atoms with Crippen molar-refractivity contribution in [2.45, 2.75) is 33.1 Å². The Kier molecular flexibility index (Phi) is 9.03. The highest BCUT2D eigenvalue weighted by Gasteiger charge is 2.17. The Bertz CT molecular complexity index is 208. The van der Waals surface area contributed by atoms with Crippen molar-refractivity contribution in [2.24, 2.45) is 11.1 Å². The van der Waals surface area contributed by atoms with Crippen LogP contribution in [0.4, 0.5) is 0 Å². The van der Waals surface area contributed by atoms with Crippen molar-refractivity contribution in [2.75, 3.05) is 32.9 Å². The molecule has 17 heavy (non-hydrogen) atoms. The molecule has 0 rings (SSSR count). The molecule has 0 spiro atoms. The third kappa shape index (κ3) is 10.2. The summed E-state index contributed by atoms with van der Waals surface area (Å²) in [7, 11) is 0. The van der Waals surface area contributed by atoms with Crippen LogP contribution in [0, 0.1) is 5.41 Å². The predicted octanol–water partition coefficient (Wildman–Crippen LogP) is 0.267. The molecule has 0 unspecified atom stereocenters. The smallest absolute Gasteiger partial charge is 0.220 e. The van der Waals surface area contributed by atoms with E-state index >= 15 is 0 Å². The van der Waals surface area contributed by atoms with Crippen molar-refractivity contribution in [1.29, 1.82) is 0 Å². The van der Waals surface area contributed by atoms with Crippen LogP contribution in [0.2, 0.25) is 0 Å². The van der Waals surface area contributed by atoms with Crippen LogP contribution in [0.25, 0.3) is 0 Å². The van der Waals surface area contributed by atoms with Crippen molar-refractivity contribution in [3.8, 4) is 0 Å². The highest BCUT2D eigenvalue weighted by Crippen LogP contribution is 2.25. The number of carbonyl (C=O) groups is 1. The number of nitrogens with two attached hydrogens (primary N) is 1. The molecule has 1 amide bonds. The first-order chi connectivity index (χ1) is 8.02. The van der Waals surface area contributed by atoms with Gasteiger partial charge in [0, 0.05) is 13.0 Å². The van der Waals surface area contributed by atoms with Gasteiger partial charge in [-0.3, -0.25) is 4.79 Å². The third-order valence-electron chi connectivity index (χ3n) is 2.65. The average molecular weight is 246 g/mol. The fourth-order valence-corrected chi connectivity index (χ4v) is 1.49. The van der Waals surface area contributed by atoms with Gasteiger partial charge in [-0.2, -0.15) is 0 Å². The van der Waals surface area contributed by atoms with Crippen molar-refractivity contribution in [1.82, 2.24) is 5.32 Å². The number of carbonyl (C=O) groups excluding carboxylic acids is 1. The lowest BCUT2D eigenvalue weighted by atomic mass is 9.84. The minimum absolute atomic E-state index is 0.0151. The second kappa shape index (κ2) is 9.39. The summed E-state index contributed by atoms with van der Waals surface area (Å²) in [6, 6.07) is 0. The topological polar surface area (TPSA) is 84.6 Å². The van der Waals surface area contributed by atoms with E-state index < -0.39 is 0 Å². The molecule has 5 heteroatoms. The van der Waals surface area contributed by atoms with Crippen LogP contribution >= 0.6 is 0 Å². The Morgan fingerprint density at radius 1 is 1.35 bits per heavy atom. The molecule has 0 heterocycles. The van der Waals surface area contributed by atoms with E-state index in [0.717, 1.165) is 12.8 Å². The molecule has 0 aromatic carbocycles. The monoisotopic (exact) mass is 246 g/mol. The largest absolute Gasteiger partial charge is 0.394 e. The molecule has 0 aliphatic carbocycles. The molecule has 0 aromatic rings. The second-order valence-electron chi connectivity index (χ2n) is 4.89. The molecular weight excluding hydrogens is 220 g/mol. The summed E-state index contributed by atoms with van der Waals surface area (Å²) >= 11 is 0. The van der Waals surface area contributed by atoms with Crippen LogP contribution in [0.15, 0.2) is 0 Å². The van der Waals surface area contributed by atoms with E-state index in [-0.39, 0.29) is 17.9 Å². The summed E-state index contributed by atoms with van der Waals surface area (Å²) in [5, 5.41) is 11.3. The standard InChI is InChI=1S/C12H26N2O3/c1-12(2,5-6-13)4-3-11(16)14-7-9-17-10-8-15/h15H,3-10,13H2,1-2H3,(H,14,16). The van der Waals surface area contributed by atoms with Gasteiger partial charge in [0.05, 0.1) is 19.8 Å². The molecule has 0 saturated heterocycles. The highest BCUT2D eigenvalue weighted by molar-refractivity contribution is 5.75. The summed E-state index contributed by atoms with van der Waals surface area (Å²) in [5.41, 5.74) is 5.63. The molecular formula is C12H26N2O3. The van der Waals surface area contributed by atoms with Crippen LogP contribution < -0.4 is 11.1 Å². The maximum Gasteiger partial charge on any atom is 0.220 e. The maximum absolute atomic E-state index is 11.5. The summed E-state index contributed by atoms with van der Waals surface area (Å²) in [5.74, 6) is 0.0442. The number of aliphatic hydroxyl groups is 1. The van der Waals surface area contributed by atoms with Gasteiger partial charge in [-0.15, -0.1) is 0 Å². The molecule has 0 aliphatic rings. The molecule has 0 aromatic heterocycles. The van der Waals surface area contributed by atoms with E-state index in [9.17, 15) is 4.79 Å². The van der Waals surface area contributed by atoms with Gasteiger partial charge < -0.3 is 20.9 Å². The number of ether oxygens (including phenoxy) is 1. The average Bonchev–Trinajstić information content (AvgIpc) is 2.26. The molecule has 102 valence electrons. The van der Waals surface area contributed by atoms with E-state index in [1.165, 1.54) is 0 Å². The van der Waals surface area contributed by atoms with Gasteiger partial charge in [0.25, 0.3) is 0 Å². The van der Waals surface area contributed by atoms with E-state index in [0.29, 0.717) is 32.7 Å². The minimum atomic E-state index is 0.0151. The molecule has 4 N–H and O–H groups in total. The van der Waals surface area contributed by atoms with Gasteiger partial charge in [-0.05, 0) is 24.8 Å². The first-order valence-electron chi connectivity index (χ1n) is 6.17. The molecule has 0 bridgehead atoms. The molecule has 0 saturated carbocycles. The normalized spacial score (nSPS) is 11.5. The number of nitrogens with one attached hydrogen (secondary N) is 1. The quantitative estimate of drug-likeness (QED) is 0.483. The van der Waals surface area contributed by atoms with Crippen molar-refractivity contribution >= 4 is 5.91 Å². The number of rotatable bonds is 10. The Morgan fingerprint density at radius 3 is 2.65 bits per heavy atom. The summed E-state index contributed by atoms with van der Waals surface area (Å²) in [6.45, 7) is 6.17. The van der Waals surface area contributed by atoms with Gasteiger partial charge in [0.2, 0.25) is 5.91 Å². The fraction of sp³-hybridized carbons (Fsp3) is 0.917. The van der Waals surface area contributed by atoms with Gasteiger partial charge in [-0.1, -0.05) is 13.8 Å². The Balaban J connectivity index is 3.52. The molecule has 0 aliphatic heterocycles. The lowest BCUT2D eigenvalue weighted by Gasteiger charge is -2.23. The van der Waals surface area contributed by atoms with Crippen LogP contribution in [0.3, 0.4) is 0 Å². The molecule has 0 atom stereocenters. The minimum Gasteiger partial charge on any atom is -0.394 e. The second-order valence-corrected chi connectivity index (χ2v) is 4.89. The van der Waals surface area contributed by atoms with Crippen molar-refractivity contribution in [3.63, 3.8) is 0 Å². The Labute approximate surface area is 104 Å². The van der Waals surface area contributed by atoms with Gasteiger partial charge in [0.1, 0.15) is 0 Å². The number of hydrogen-bond acceptors (Lipinski definition) is 4. The van der Waals surface area contributed by atoms with E-state index in [1.807, 2.05) is 0 Å². The Morgan fingerprint density at radius 2 is 2.06 bits per heavy atom.